The van der Waals surface area contributed by atoms with E-state index in [2.05, 4.69) is 59.8 Å². The molecule has 5 heteroatoms. The highest BCUT2D eigenvalue weighted by molar-refractivity contribution is 5.80. The fraction of sp³-hybridized carbons (Fsp3) is 0.400. The Balaban J connectivity index is 1.57. The van der Waals surface area contributed by atoms with Crippen LogP contribution in [-0.4, -0.2) is 36.3 Å². The molecule has 0 radical (unpaired) electrons. The van der Waals surface area contributed by atoms with Gasteiger partial charge in [0.2, 0.25) is 0 Å². The van der Waals surface area contributed by atoms with Crippen LogP contribution in [0.3, 0.4) is 0 Å². The second kappa shape index (κ2) is 8.15. The Morgan fingerprint density at radius 1 is 1.10 bits per heavy atom. The van der Waals surface area contributed by atoms with Crippen LogP contribution in [0.2, 0.25) is 0 Å². The summed E-state index contributed by atoms with van der Waals surface area (Å²) in [6, 6.07) is 12.6. The molecule has 1 aromatic heterocycles. The number of H-pyrrole nitrogens is 1. The van der Waals surface area contributed by atoms with Gasteiger partial charge in [-0.25, -0.2) is 0 Å². The second-order valence-electron chi connectivity index (χ2n) is 8.72. The van der Waals surface area contributed by atoms with E-state index in [0.717, 1.165) is 47.2 Å². The number of nitrogens with zero attached hydrogens (tertiary/aromatic N) is 2. The summed E-state index contributed by atoms with van der Waals surface area (Å²) >= 11 is 0. The van der Waals surface area contributed by atoms with Crippen molar-refractivity contribution in [2.45, 2.75) is 46.3 Å². The summed E-state index contributed by atoms with van der Waals surface area (Å²) in [6.07, 6.45) is 1.66. The van der Waals surface area contributed by atoms with Crippen LogP contribution in [0, 0.1) is 20.8 Å². The number of pyridine rings is 1. The molecule has 2 N–H and O–H groups in total. The molecule has 5 nitrogen and oxygen atoms in total. The Labute approximate surface area is 178 Å². The minimum Gasteiger partial charge on any atom is -0.391 e. The number of anilines is 2. The van der Waals surface area contributed by atoms with Crippen LogP contribution in [0.25, 0.3) is 10.9 Å². The standard InChI is InChI=1S/C25H31N3O2/c1-16-10-19-13-20(25(30)26-23(19)12-17(16)2)14-27(4)24-8-7-21(11-18(24)3)28-9-5-6-22(29)15-28/h7-8,10-13,22,29H,5-6,9,14-15H2,1-4H3,(H,26,30)/t22-/m1/s1. The Morgan fingerprint density at radius 2 is 1.87 bits per heavy atom. The third-order valence-corrected chi connectivity index (χ3v) is 6.30. The molecular formula is C25H31N3O2. The number of hydrogen-bond acceptors (Lipinski definition) is 4. The SMILES string of the molecule is Cc1cc2cc(CN(C)c3ccc(N4CCC[C@@H](O)C4)cc3C)c(=O)[nH]c2cc1C. The van der Waals surface area contributed by atoms with Crippen molar-refractivity contribution in [3.8, 4) is 0 Å². The monoisotopic (exact) mass is 405 g/mol. The van der Waals surface area contributed by atoms with Gasteiger partial charge >= 0.3 is 0 Å². The molecule has 3 aromatic rings. The van der Waals surface area contributed by atoms with Crippen molar-refractivity contribution in [3.05, 3.63) is 69.0 Å². The number of aliphatic hydroxyl groups excluding tert-OH is 1. The minimum atomic E-state index is -0.242. The zero-order valence-corrected chi connectivity index (χ0v) is 18.3. The molecule has 2 aromatic carbocycles. The lowest BCUT2D eigenvalue weighted by Crippen LogP contribution is -2.38. The van der Waals surface area contributed by atoms with Gasteiger partial charge in [-0.1, -0.05) is 0 Å². The van der Waals surface area contributed by atoms with Crippen molar-refractivity contribution in [2.24, 2.45) is 0 Å². The first-order valence-corrected chi connectivity index (χ1v) is 10.7. The summed E-state index contributed by atoms with van der Waals surface area (Å²) in [6.45, 7) is 8.48. The summed E-state index contributed by atoms with van der Waals surface area (Å²) < 4.78 is 0. The maximum Gasteiger partial charge on any atom is 0.253 e. The summed E-state index contributed by atoms with van der Waals surface area (Å²) in [5.74, 6) is 0. The lowest BCUT2D eigenvalue weighted by Gasteiger charge is -2.33. The van der Waals surface area contributed by atoms with E-state index in [9.17, 15) is 9.90 Å². The fourth-order valence-electron chi connectivity index (χ4n) is 4.43. The Hall–Kier alpha value is -2.79. The summed E-state index contributed by atoms with van der Waals surface area (Å²) in [5.41, 5.74) is 7.44. The van der Waals surface area contributed by atoms with Gasteiger partial charge in [-0.05, 0) is 92.1 Å². The van der Waals surface area contributed by atoms with Gasteiger partial charge in [-0.15, -0.1) is 0 Å². The fourth-order valence-corrected chi connectivity index (χ4v) is 4.43. The highest BCUT2D eigenvalue weighted by Gasteiger charge is 2.19. The van der Waals surface area contributed by atoms with Gasteiger partial charge in [0, 0.05) is 49.1 Å². The molecule has 0 unspecified atom stereocenters. The van der Waals surface area contributed by atoms with Crippen LogP contribution in [0.15, 0.2) is 41.2 Å². The summed E-state index contributed by atoms with van der Waals surface area (Å²) in [7, 11) is 2.02. The third kappa shape index (κ3) is 4.08. The third-order valence-electron chi connectivity index (χ3n) is 6.30. The molecular weight excluding hydrogens is 374 g/mol. The smallest absolute Gasteiger partial charge is 0.253 e. The number of aromatic amines is 1. The van der Waals surface area contributed by atoms with Crippen LogP contribution < -0.4 is 15.4 Å². The van der Waals surface area contributed by atoms with Crippen LogP contribution in [0.1, 0.15) is 35.1 Å². The molecule has 0 amide bonds. The highest BCUT2D eigenvalue weighted by Crippen LogP contribution is 2.28. The molecule has 30 heavy (non-hydrogen) atoms. The van der Waals surface area contributed by atoms with Gasteiger partial charge in [0.05, 0.1) is 6.10 Å². The number of aromatic nitrogens is 1. The molecule has 158 valence electrons. The van der Waals surface area contributed by atoms with Crippen molar-refractivity contribution in [1.82, 2.24) is 4.98 Å². The number of nitrogens with one attached hydrogen (secondary N) is 1. The number of rotatable bonds is 4. The van der Waals surface area contributed by atoms with Crippen molar-refractivity contribution >= 4 is 22.3 Å². The quantitative estimate of drug-likeness (QED) is 0.688. The molecule has 1 saturated heterocycles. The minimum absolute atomic E-state index is 0.0332. The van der Waals surface area contributed by atoms with Crippen LogP contribution in [0.4, 0.5) is 11.4 Å². The van der Waals surface area contributed by atoms with Gasteiger partial charge in [0.1, 0.15) is 0 Å². The Kier molecular flexibility index (Phi) is 5.56. The molecule has 2 heterocycles. The lowest BCUT2D eigenvalue weighted by atomic mass is 10.0. The van der Waals surface area contributed by atoms with Gasteiger partial charge < -0.3 is 19.9 Å². The topological polar surface area (TPSA) is 59.6 Å². The number of hydrogen-bond donors (Lipinski definition) is 2. The van der Waals surface area contributed by atoms with E-state index in [1.165, 1.54) is 16.7 Å². The normalized spacial score (nSPS) is 16.8. The van der Waals surface area contributed by atoms with E-state index >= 15 is 0 Å². The molecule has 0 saturated carbocycles. The molecule has 4 rings (SSSR count). The predicted octanol–water partition coefficient (Wildman–Crippen LogP) is 4.05. The molecule has 1 fully saturated rings. The first-order chi connectivity index (χ1) is 14.3. The Bertz CT molecular complexity index is 1140. The first-order valence-electron chi connectivity index (χ1n) is 10.7. The number of benzene rings is 2. The molecule has 0 bridgehead atoms. The second-order valence-corrected chi connectivity index (χ2v) is 8.72. The number of piperidine rings is 1. The number of aliphatic hydroxyl groups is 1. The molecule has 1 aliphatic heterocycles. The van der Waals surface area contributed by atoms with Crippen LogP contribution >= 0.6 is 0 Å². The molecule has 0 spiro atoms. The van der Waals surface area contributed by atoms with E-state index in [4.69, 9.17) is 0 Å². The zero-order chi connectivity index (χ0) is 21.4. The molecule has 1 aliphatic rings. The van der Waals surface area contributed by atoms with Crippen molar-refractivity contribution < 1.29 is 5.11 Å². The first kappa shape index (κ1) is 20.5. The van der Waals surface area contributed by atoms with E-state index in [0.29, 0.717) is 13.1 Å². The van der Waals surface area contributed by atoms with E-state index < -0.39 is 0 Å². The largest absolute Gasteiger partial charge is 0.391 e. The van der Waals surface area contributed by atoms with E-state index in [1.807, 2.05) is 19.2 Å². The van der Waals surface area contributed by atoms with E-state index in [1.54, 1.807) is 0 Å². The highest BCUT2D eigenvalue weighted by atomic mass is 16.3. The van der Waals surface area contributed by atoms with Crippen LogP contribution in [-0.2, 0) is 6.54 Å². The van der Waals surface area contributed by atoms with Crippen molar-refractivity contribution in [3.63, 3.8) is 0 Å². The van der Waals surface area contributed by atoms with Gasteiger partial charge in [-0.2, -0.15) is 0 Å². The zero-order valence-electron chi connectivity index (χ0n) is 18.3. The molecule has 1 atom stereocenters. The summed E-state index contributed by atoms with van der Waals surface area (Å²) in [5, 5.41) is 11.0. The number of β-amino-alcohol motifs (C(OH)–C–C–N with tert-alkyl or cyclic N) is 1. The van der Waals surface area contributed by atoms with Crippen molar-refractivity contribution in [2.75, 3.05) is 29.9 Å². The maximum atomic E-state index is 12.7. The van der Waals surface area contributed by atoms with Gasteiger partial charge in [-0.3, -0.25) is 4.79 Å². The number of aryl methyl sites for hydroxylation is 3. The molecule has 0 aliphatic carbocycles. The number of fused-ring (bicyclic) bond motifs is 1. The van der Waals surface area contributed by atoms with Gasteiger partial charge in [0.15, 0.2) is 0 Å². The van der Waals surface area contributed by atoms with Crippen LogP contribution in [0.5, 0.6) is 0 Å². The van der Waals surface area contributed by atoms with Crippen molar-refractivity contribution in [1.29, 1.82) is 0 Å². The van der Waals surface area contributed by atoms with Gasteiger partial charge in [0.25, 0.3) is 5.56 Å². The Morgan fingerprint density at radius 3 is 2.60 bits per heavy atom. The maximum absolute atomic E-state index is 12.7. The average molecular weight is 406 g/mol. The summed E-state index contributed by atoms with van der Waals surface area (Å²) in [4.78, 5) is 20.1. The van der Waals surface area contributed by atoms with E-state index in [-0.39, 0.29) is 11.7 Å². The predicted molar refractivity (Wildman–Crippen MR) is 125 cm³/mol. The average Bonchev–Trinajstić information content (AvgIpc) is 2.70. The lowest BCUT2D eigenvalue weighted by molar-refractivity contribution is 0.154.